The Kier molecular flexibility index (Phi) is 6.30. The Hall–Kier alpha value is -3.11. The highest BCUT2D eigenvalue weighted by Crippen LogP contribution is 2.48. The Labute approximate surface area is 209 Å². The number of anilines is 1. The van der Waals surface area contributed by atoms with E-state index in [1.807, 2.05) is 12.3 Å². The van der Waals surface area contributed by atoms with E-state index in [4.69, 9.17) is 11.6 Å². The second kappa shape index (κ2) is 8.92. The fourth-order valence-electron chi connectivity index (χ4n) is 4.28. The van der Waals surface area contributed by atoms with Crippen LogP contribution in [0, 0.1) is 0 Å². The van der Waals surface area contributed by atoms with Crippen LogP contribution in [0.1, 0.15) is 39.3 Å². The molecule has 4 aromatic rings. The van der Waals surface area contributed by atoms with E-state index in [2.05, 4.69) is 20.0 Å². The summed E-state index contributed by atoms with van der Waals surface area (Å²) in [6.07, 6.45) is -0.656. The number of rotatable bonds is 4. The minimum absolute atomic E-state index is 0. The molecule has 2 unspecified atom stereocenters. The molecule has 3 heterocycles. The van der Waals surface area contributed by atoms with Gasteiger partial charge in [0, 0.05) is 21.6 Å². The number of hydrogen-bond acceptors (Lipinski definition) is 6. The number of carbonyl (C=O) groups excluding carboxylic acids is 2. The van der Waals surface area contributed by atoms with E-state index in [1.54, 1.807) is 48.5 Å². The molecular weight excluding hydrogens is 499 g/mol. The molecule has 176 valence electrons. The number of fused-ring (bicyclic) bond motifs is 2. The third-order valence-corrected chi connectivity index (χ3v) is 7.33. The van der Waals surface area contributed by atoms with Gasteiger partial charge in [-0.3, -0.25) is 15.0 Å². The summed E-state index contributed by atoms with van der Waals surface area (Å²) in [5, 5.41) is 17.1. The van der Waals surface area contributed by atoms with E-state index in [-0.39, 0.29) is 24.3 Å². The van der Waals surface area contributed by atoms with Crippen LogP contribution < -0.4 is 5.32 Å². The maximum Gasteiger partial charge on any atom is 0.413 e. The number of benzene rings is 2. The highest BCUT2D eigenvalue weighted by atomic mass is 35.5. The van der Waals surface area contributed by atoms with E-state index in [1.165, 1.54) is 23.3 Å². The zero-order valence-electron chi connectivity index (χ0n) is 18.0. The SMILES string of the molecule is COC(=O)Nc1nc2ccc(C3(O)c4ccccc4C(=O)N3C(C)c3sccc3Cl)cc2[nH]1.Cl. The molecule has 8 nitrogen and oxygen atoms in total. The predicted molar refractivity (Wildman–Crippen MR) is 133 cm³/mol. The highest BCUT2D eigenvalue weighted by Gasteiger charge is 2.52. The summed E-state index contributed by atoms with van der Waals surface area (Å²) in [6, 6.07) is 13.5. The van der Waals surface area contributed by atoms with Gasteiger partial charge in [0.15, 0.2) is 5.72 Å². The van der Waals surface area contributed by atoms with Gasteiger partial charge in [-0.15, -0.1) is 23.7 Å². The van der Waals surface area contributed by atoms with Crippen molar-refractivity contribution in [3.8, 4) is 0 Å². The van der Waals surface area contributed by atoms with Crippen molar-refractivity contribution in [1.29, 1.82) is 0 Å². The normalized spacial score (nSPS) is 17.9. The first kappa shape index (κ1) is 24.0. The van der Waals surface area contributed by atoms with Crippen molar-refractivity contribution < 1.29 is 19.4 Å². The zero-order chi connectivity index (χ0) is 23.3. The van der Waals surface area contributed by atoms with Crippen LogP contribution in [-0.4, -0.2) is 39.1 Å². The van der Waals surface area contributed by atoms with Gasteiger partial charge in [-0.05, 0) is 36.6 Å². The van der Waals surface area contributed by atoms with Crippen LogP contribution in [0.15, 0.2) is 53.9 Å². The molecule has 34 heavy (non-hydrogen) atoms. The molecule has 0 spiro atoms. The first-order chi connectivity index (χ1) is 15.8. The molecule has 2 aromatic heterocycles. The van der Waals surface area contributed by atoms with Gasteiger partial charge in [-0.25, -0.2) is 9.78 Å². The molecule has 3 N–H and O–H groups in total. The second-order valence-electron chi connectivity index (χ2n) is 7.64. The Morgan fingerprint density at radius 2 is 2.06 bits per heavy atom. The van der Waals surface area contributed by atoms with E-state index in [9.17, 15) is 14.7 Å². The Morgan fingerprint density at radius 1 is 1.29 bits per heavy atom. The molecule has 2 amide bonds. The average molecular weight is 519 g/mol. The van der Waals surface area contributed by atoms with Crippen LogP contribution in [0.5, 0.6) is 0 Å². The fraction of sp³-hybridized carbons (Fsp3) is 0.174. The van der Waals surface area contributed by atoms with Crippen LogP contribution in [0.4, 0.5) is 10.7 Å². The van der Waals surface area contributed by atoms with Gasteiger partial charge >= 0.3 is 6.09 Å². The molecule has 5 rings (SSSR count). The number of amides is 2. The predicted octanol–water partition coefficient (Wildman–Crippen LogP) is 5.29. The lowest BCUT2D eigenvalue weighted by Gasteiger charge is -2.38. The number of imidazole rings is 1. The number of methoxy groups -OCH3 is 1. The zero-order valence-corrected chi connectivity index (χ0v) is 20.4. The van der Waals surface area contributed by atoms with Gasteiger partial charge in [0.25, 0.3) is 5.91 Å². The van der Waals surface area contributed by atoms with Crippen molar-refractivity contribution >= 4 is 64.3 Å². The molecule has 2 aromatic carbocycles. The van der Waals surface area contributed by atoms with E-state index in [0.717, 1.165) is 4.88 Å². The molecule has 2 atom stereocenters. The topological polar surface area (TPSA) is 108 Å². The van der Waals surface area contributed by atoms with Gasteiger partial charge in [0.05, 0.1) is 29.2 Å². The third-order valence-electron chi connectivity index (χ3n) is 5.80. The van der Waals surface area contributed by atoms with Crippen molar-refractivity contribution in [3.05, 3.63) is 80.5 Å². The van der Waals surface area contributed by atoms with Crippen LogP contribution >= 0.6 is 35.3 Å². The van der Waals surface area contributed by atoms with Crippen LogP contribution in [0.3, 0.4) is 0 Å². The summed E-state index contributed by atoms with van der Waals surface area (Å²) in [6.45, 7) is 1.85. The number of ether oxygens (including phenoxy) is 1. The minimum Gasteiger partial charge on any atom is -0.453 e. The van der Waals surface area contributed by atoms with Crippen LogP contribution in [0.2, 0.25) is 5.02 Å². The second-order valence-corrected chi connectivity index (χ2v) is 8.99. The lowest BCUT2D eigenvalue weighted by Crippen LogP contribution is -2.46. The number of aromatic nitrogens is 2. The van der Waals surface area contributed by atoms with Crippen molar-refractivity contribution in [3.63, 3.8) is 0 Å². The molecule has 0 saturated carbocycles. The number of carbonyl (C=O) groups is 2. The number of halogens is 2. The fourth-order valence-corrected chi connectivity index (χ4v) is 5.55. The van der Waals surface area contributed by atoms with E-state index < -0.39 is 17.9 Å². The summed E-state index contributed by atoms with van der Waals surface area (Å²) in [4.78, 5) is 34.6. The first-order valence-electron chi connectivity index (χ1n) is 10.1. The molecule has 0 bridgehead atoms. The molecular formula is C23H20Cl2N4O4S. The summed E-state index contributed by atoms with van der Waals surface area (Å²) >= 11 is 7.81. The molecule has 11 heteroatoms. The Bertz CT molecular complexity index is 1400. The summed E-state index contributed by atoms with van der Waals surface area (Å²) in [5.74, 6) is -0.0812. The third kappa shape index (κ3) is 3.61. The first-order valence-corrected chi connectivity index (χ1v) is 11.3. The van der Waals surface area contributed by atoms with Crippen LogP contribution in [-0.2, 0) is 10.5 Å². The van der Waals surface area contributed by atoms with Gasteiger partial charge in [0.1, 0.15) is 0 Å². The standard InChI is InChI=1S/C23H19ClN4O4S.ClH/c1-12(19-16(24)9-10-33-19)28-20(29)14-5-3-4-6-15(14)23(28,31)13-7-8-17-18(11-13)26-21(25-17)27-22(30)32-2;/h3-12,31H,1-2H3,(H2,25,26,27,30);1H. The van der Waals surface area contributed by atoms with Crippen molar-refractivity contribution in [2.75, 3.05) is 12.4 Å². The Morgan fingerprint density at radius 3 is 2.76 bits per heavy atom. The number of H-pyrrole nitrogens is 1. The lowest BCUT2D eigenvalue weighted by molar-refractivity contribution is -0.0670. The summed E-state index contributed by atoms with van der Waals surface area (Å²) in [7, 11) is 1.26. The average Bonchev–Trinajstić information content (AvgIpc) is 3.48. The number of aliphatic hydroxyl groups is 1. The molecule has 0 saturated heterocycles. The van der Waals surface area contributed by atoms with Crippen LogP contribution in [0.25, 0.3) is 11.0 Å². The van der Waals surface area contributed by atoms with E-state index in [0.29, 0.717) is 32.7 Å². The molecule has 0 aliphatic carbocycles. The van der Waals surface area contributed by atoms with Crippen molar-refractivity contribution in [1.82, 2.24) is 14.9 Å². The monoisotopic (exact) mass is 518 g/mol. The number of aromatic amines is 1. The molecule has 1 aliphatic rings. The van der Waals surface area contributed by atoms with Gasteiger partial charge in [-0.1, -0.05) is 35.9 Å². The maximum atomic E-state index is 13.5. The summed E-state index contributed by atoms with van der Waals surface area (Å²) in [5.41, 5.74) is 0.799. The van der Waals surface area contributed by atoms with Crippen molar-refractivity contribution in [2.45, 2.75) is 18.7 Å². The van der Waals surface area contributed by atoms with Gasteiger partial charge in [-0.2, -0.15) is 0 Å². The van der Waals surface area contributed by atoms with E-state index >= 15 is 0 Å². The molecule has 0 radical (unpaired) electrons. The minimum atomic E-state index is -1.74. The largest absolute Gasteiger partial charge is 0.453 e. The quantitative estimate of drug-likeness (QED) is 0.340. The molecule has 1 aliphatic heterocycles. The number of hydrogen-bond donors (Lipinski definition) is 3. The maximum absolute atomic E-state index is 13.5. The number of nitrogens with one attached hydrogen (secondary N) is 2. The number of thiophene rings is 1. The molecule has 0 fully saturated rings. The highest BCUT2D eigenvalue weighted by molar-refractivity contribution is 7.10. The summed E-state index contributed by atoms with van der Waals surface area (Å²) < 4.78 is 4.60. The van der Waals surface area contributed by atoms with Crippen molar-refractivity contribution in [2.24, 2.45) is 0 Å². The van der Waals surface area contributed by atoms with Gasteiger partial charge in [0.2, 0.25) is 5.95 Å². The van der Waals surface area contributed by atoms with Gasteiger partial charge < -0.3 is 14.8 Å². The number of nitrogens with zero attached hydrogens (tertiary/aromatic N) is 2. The lowest BCUT2D eigenvalue weighted by atomic mass is 9.92. The smallest absolute Gasteiger partial charge is 0.413 e. The Balaban J connectivity index is 0.00000274.